The van der Waals surface area contributed by atoms with Gasteiger partial charge < -0.3 is 20.5 Å². The monoisotopic (exact) mass is 328 g/mol. The third-order valence-electron chi connectivity index (χ3n) is 3.78. The molecule has 0 spiro atoms. The summed E-state index contributed by atoms with van der Waals surface area (Å²) in [4.78, 5) is 13.8. The van der Waals surface area contributed by atoms with Gasteiger partial charge in [0.25, 0.3) is 5.91 Å². The lowest BCUT2D eigenvalue weighted by molar-refractivity contribution is 0.0137. The topological polar surface area (TPSA) is 75.8 Å². The summed E-state index contributed by atoms with van der Waals surface area (Å²) in [6.45, 7) is 2.69. The van der Waals surface area contributed by atoms with Crippen LogP contribution >= 0.6 is 0 Å². The van der Waals surface area contributed by atoms with Crippen LogP contribution in [0.5, 0.6) is 0 Å². The number of hydrogen-bond acceptors (Lipinski definition) is 4. The number of rotatable bonds is 7. The van der Waals surface area contributed by atoms with Crippen LogP contribution < -0.4 is 5.73 Å². The summed E-state index contributed by atoms with van der Waals surface area (Å²) in [6, 6.07) is 15.0. The van der Waals surface area contributed by atoms with E-state index in [1.165, 1.54) is 4.90 Å². The lowest BCUT2D eigenvalue weighted by Crippen LogP contribution is -2.36. The van der Waals surface area contributed by atoms with Gasteiger partial charge in [-0.05, 0) is 30.2 Å². The number of aliphatic hydroxyl groups is 1. The van der Waals surface area contributed by atoms with E-state index in [2.05, 4.69) is 0 Å². The van der Waals surface area contributed by atoms with Gasteiger partial charge in [-0.25, -0.2) is 0 Å². The van der Waals surface area contributed by atoms with E-state index in [1.807, 2.05) is 43.3 Å². The Morgan fingerprint density at radius 1 is 1.25 bits per heavy atom. The van der Waals surface area contributed by atoms with Crippen molar-refractivity contribution in [3.8, 4) is 0 Å². The van der Waals surface area contributed by atoms with Crippen molar-refractivity contribution in [2.75, 3.05) is 25.9 Å². The van der Waals surface area contributed by atoms with Crippen LogP contribution in [0.2, 0.25) is 0 Å². The Bertz CT molecular complexity index is 674. The number of amides is 1. The average molecular weight is 328 g/mol. The van der Waals surface area contributed by atoms with Crippen molar-refractivity contribution in [3.05, 3.63) is 65.2 Å². The smallest absolute Gasteiger partial charge is 0.253 e. The van der Waals surface area contributed by atoms with Gasteiger partial charge in [0.05, 0.1) is 19.3 Å². The predicted molar refractivity (Wildman–Crippen MR) is 94.7 cm³/mol. The molecular formula is C19H24N2O3. The van der Waals surface area contributed by atoms with Gasteiger partial charge in [-0.1, -0.05) is 36.4 Å². The number of ether oxygens (including phenoxy) is 1. The SMILES string of the molecule is Cc1ccc(C(=O)N(C)CC(O)COCc2ccccc2)cc1N. The summed E-state index contributed by atoms with van der Waals surface area (Å²) < 4.78 is 5.49. The van der Waals surface area contributed by atoms with E-state index in [0.717, 1.165) is 11.1 Å². The summed E-state index contributed by atoms with van der Waals surface area (Å²) >= 11 is 0. The Morgan fingerprint density at radius 3 is 2.62 bits per heavy atom. The highest BCUT2D eigenvalue weighted by molar-refractivity contribution is 5.95. The normalized spacial score (nSPS) is 12.0. The van der Waals surface area contributed by atoms with E-state index in [9.17, 15) is 9.90 Å². The van der Waals surface area contributed by atoms with E-state index in [1.54, 1.807) is 19.2 Å². The number of carbonyl (C=O) groups is 1. The third-order valence-corrected chi connectivity index (χ3v) is 3.78. The van der Waals surface area contributed by atoms with Crippen LogP contribution in [0.4, 0.5) is 5.69 Å². The highest BCUT2D eigenvalue weighted by Crippen LogP contribution is 2.14. The highest BCUT2D eigenvalue weighted by atomic mass is 16.5. The zero-order valence-electron chi connectivity index (χ0n) is 14.1. The van der Waals surface area contributed by atoms with Crippen molar-refractivity contribution in [1.29, 1.82) is 0 Å². The van der Waals surface area contributed by atoms with E-state index in [-0.39, 0.29) is 19.1 Å². The molecule has 2 aromatic rings. The van der Waals surface area contributed by atoms with Crippen molar-refractivity contribution in [2.45, 2.75) is 19.6 Å². The first kappa shape index (κ1) is 18.0. The molecule has 0 saturated heterocycles. The maximum absolute atomic E-state index is 12.4. The standard InChI is InChI=1S/C19H24N2O3/c1-14-8-9-16(10-18(14)20)19(23)21(2)11-17(22)13-24-12-15-6-4-3-5-7-15/h3-10,17,22H,11-13,20H2,1-2H3. The van der Waals surface area contributed by atoms with Gasteiger partial charge in [0.15, 0.2) is 0 Å². The first-order valence-corrected chi connectivity index (χ1v) is 7.88. The molecule has 1 unspecified atom stereocenters. The van der Waals surface area contributed by atoms with Gasteiger partial charge in [-0.15, -0.1) is 0 Å². The van der Waals surface area contributed by atoms with E-state index in [0.29, 0.717) is 17.9 Å². The van der Waals surface area contributed by atoms with Crippen molar-refractivity contribution in [1.82, 2.24) is 4.90 Å². The zero-order chi connectivity index (χ0) is 17.5. The number of aryl methyl sites for hydroxylation is 1. The molecule has 1 amide bonds. The quantitative estimate of drug-likeness (QED) is 0.764. The molecule has 1 atom stereocenters. The number of aliphatic hydroxyl groups excluding tert-OH is 1. The largest absolute Gasteiger partial charge is 0.398 e. The lowest BCUT2D eigenvalue weighted by atomic mass is 10.1. The van der Waals surface area contributed by atoms with Gasteiger partial charge in [0.1, 0.15) is 0 Å². The summed E-state index contributed by atoms with van der Waals surface area (Å²) in [5.41, 5.74) is 8.92. The van der Waals surface area contributed by atoms with Gasteiger partial charge in [0.2, 0.25) is 0 Å². The van der Waals surface area contributed by atoms with Crippen LogP contribution in [0.3, 0.4) is 0 Å². The summed E-state index contributed by atoms with van der Waals surface area (Å²) in [7, 11) is 1.65. The first-order valence-electron chi connectivity index (χ1n) is 7.88. The number of nitrogens with two attached hydrogens (primary N) is 1. The number of nitrogen functional groups attached to an aromatic ring is 1. The summed E-state index contributed by atoms with van der Waals surface area (Å²) in [5.74, 6) is -0.177. The molecule has 0 bridgehead atoms. The Balaban J connectivity index is 1.81. The van der Waals surface area contributed by atoms with Gasteiger partial charge >= 0.3 is 0 Å². The van der Waals surface area contributed by atoms with Crippen molar-refractivity contribution in [2.24, 2.45) is 0 Å². The summed E-state index contributed by atoms with van der Waals surface area (Å²) in [5, 5.41) is 10.0. The molecule has 0 aliphatic heterocycles. The van der Waals surface area contributed by atoms with Crippen molar-refractivity contribution in [3.63, 3.8) is 0 Å². The number of benzene rings is 2. The van der Waals surface area contributed by atoms with E-state index in [4.69, 9.17) is 10.5 Å². The Labute approximate surface area is 142 Å². The van der Waals surface area contributed by atoms with Gasteiger partial charge in [-0.2, -0.15) is 0 Å². The molecular weight excluding hydrogens is 304 g/mol. The molecule has 0 aromatic heterocycles. The first-order chi connectivity index (χ1) is 11.5. The second-order valence-electron chi connectivity index (χ2n) is 5.91. The second-order valence-corrected chi connectivity index (χ2v) is 5.91. The Morgan fingerprint density at radius 2 is 1.96 bits per heavy atom. The fourth-order valence-corrected chi connectivity index (χ4v) is 2.33. The molecule has 3 N–H and O–H groups in total. The molecule has 2 rings (SSSR count). The van der Waals surface area contributed by atoms with Crippen LogP contribution in [0.15, 0.2) is 48.5 Å². The molecule has 0 aliphatic carbocycles. The molecule has 0 saturated carbocycles. The minimum Gasteiger partial charge on any atom is -0.398 e. The Kier molecular flexibility index (Phi) is 6.35. The number of nitrogens with zero attached hydrogens (tertiary/aromatic N) is 1. The van der Waals surface area contributed by atoms with Crippen molar-refractivity contribution >= 4 is 11.6 Å². The maximum atomic E-state index is 12.4. The lowest BCUT2D eigenvalue weighted by Gasteiger charge is -2.21. The van der Waals surface area contributed by atoms with Crippen LogP contribution in [-0.4, -0.2) is 42.2 Å². The number of anilines is 1. The van der Waals surface area contributed by atoms with Crippen LogP contribution in [-0.2, 0) is 11.3 Å². The second kappa shape index (κ2) is 8.47. The number of carbonyl (C=O) groups excluding carboxylic acids is 1. The maximum Gasteiger partial charge on any atom is 0.253 e. The Hall–Kier alpha value is -2.37. The van der Waals surface area contributed by atoms with Crippen LogP contribution in [0.1, 0.15) is 21.5 Å². The molecule has 0 radical (unpaired) electrons. The summed E-state index contributed by atoms with van der Waals surface area (Å²) in [6.07, 6.45) is -0.745. The molecule has 0 heterocycles. The molecule has 0 fully saturated rings. The highest BCUT2D eigenvalue weighted by Gasteiger charge is 2.16. The molecule has 5 heteroatoms. The zero-order valence-corrected chi connectivity index (χ0v) is 14.1. The van der Waals surface area contributed by atoms with Gasteiger partial charge in [-0.3, -0.25) is 4.79 Å². The predicted octanol–water partition coefficient (Wildman–Crippen LogP) is 2.23. The molecule has 2 aromatic carbocycles. The third kappa shape index (κ3) is 5.08. The molecule has 0 aliphatic rings. The van der Waals surface area contributed by atoms with Crippen LogP contribution in [0.25, 0.3) is 0 Å². The van der Waals surface area contributed by atoms with Gasteiger partial charge in [0, 0.05) is 24.8 Å². The fraction of sp³-hybridized carbons (Fsp3) is 0.316. The van der Waals surface area contributed by atoms with Crippen molar-refractivity contribution < 1.29 is 14.6 Å². The van der Waals surface area contributed by atoms with Crippen LogP contribution in [0, 0.1) is 6.92 Å². The molecule has 24 heavy (non-hydrogen) atoms. The minimum absolute atomic E-state index is 0.169. The van der Waals surface area contributed by atoms with E-state index >= 15 is 0 Å². The average Bonchev–Trinajstić information content (AvgIpc) is 2.57. The number of likely N-dealkylation sites (N-methyl/N-ethyl adjacent to an activating group) is 1. The molecule has 128 valence electrons. The number of hydrogen-bond donors (Lipinski definition) is 2. The molecule has 5 nitrogen and oxygen atoms in total. The fourth-order valence-electron chi connectivity index (χ4n) is 2.33. The minimum atomic E-state index is -0.745. The van der Waals surface area contributed by atoms with E-state index < -0.39 is 6.10 Å².